The van der Waals surface area contributed by atoms with Crippen molar-refractivity contribution in [3.8, 4) is 0 Å². The highest BCUT2D eigenvalue weighted by Crippen LogP contribution is 2.44. The summed E-state index contributed by atoms with van der Waals surface area (Å²) in [7, 11) is 0. The van der Waals surface area contributed by atoms with Gasteiger partial charge in [-0.05, 0) is 34.1 Å². The number of hydrogen-bond donors (Lipinski definition) is 1. The van der Waals surface area contributed by atoms with Crippen LogP contribution < -0.4 is 0 Å². The lowest BCUT2D eigenvalue weighted by Crippen LogP contribution is -2.49. The number of amides is 2. The summed E-state index contributed by atoms with van der Waals surface area (Å²) < 4.78 is 0. The predicted molar refractivity (Wildman–Crippen MR) is 67.1 cm³/mol. The van der Waals surface area contributed by atoms with Gasteiger partial charge in [-0.2, -0.15) is 5.06 Å². The average Bonchev–Trinajstić information content (AvgIpc) is 2.73. The monoisotopic (exact) mass is 284 g/mol. The molecule has 0 aliphatic carbocycles. The summed E-state index contributed by atoms with van der Waals surface area (Å²) in [4.78, 5) is 40.1. The van der Waals surface area contributed by atoms with Crippen molar-refractivity contribution < 1.29 is 24.4 Å². The molecule has 0 aromatic heterocycles. The van der Waals surface area contributed by atoms with Gasteiger partial charge in [0.25, 0.3) is 11.8 Å². The van der Waals surface area contributed by atoms with E-state index in [1.165, 1.54) is 0 Å². The number of hydrogen-bond acceptors (Lipinski definition) is 6. The molecule has 2 saturated heterocycles. The maximum absolute atomic E-state index is 12.2. The van der Waals surface area contributed by atoms with E-state index in [1.807, 2.05) is 13.8 Å². The molecule has 1 unspecified atom stereocenters. The van der Waals surface area contributed by atoms with E-state index in [1.54, 1.807) is 13.8 Å². The van der Waals surface area contributed by atoms with E-state index in [-0.39, 0.29) is 12.8 Å². The number of carbonyl (C=O) groups excluding carboxylic acids is 3. The standard InChI is InChI=1S/C13H20N2O5/c1-12(2)7-8(13(3,4)15(12)19)11(18)20-14-9(16)5-6-10(14)17/h8,19H,5-7H2,1-4H3. The predicted octanol–water partition coefficient (Wildman–Crippen LogP) is 0.862. The van der Waals surface area contributed by atoms with Crippen LogP contribution in [0.3, 0.4) is 0 Å². The van der Waals surface area contributed by atoms with Crippen LogP contribution in [0.1, 0.15) is 47.0 Å². The summed E-state index contributed by atoms with van der Waals surface area (Å²) in [6, 6.07) is 0. The minimum atomic E-state index is -0.827. The summed E-state index contributed by atoms with van der Waals surface area (Å²) >= 11 is 0. The Morgan fingerprint density at radius 2 is 1.70 bits per heavy atom. The quantitative estimate of drug-likeness (QED) is 0.757. The van der Waals surface area contributed by atoms with Gasteiger partial charge in [-0.1, -0.05) is 0 Å². The third kappa shape index (κ3) is 2.20. The second-order valence-corrected chi connectivity index (χ2v) is 6.53. The Morgan fingerprint density at radius 1 is 1.20 bits per heavy atom. The minimum absolute atomic E-state index is 0.0673. The number of hydroxylamine groups is 4. The van der Waals surface area contributed by atoms with Crippen LogP contribution in [0.2, 0.25) is 0 Å². The summed E-state index contributed by atoms with van der Waals surface area (Å²) in [6.45, 7) is 7.07. The van der Waals surface area contributed by atoms with Crippen LogP contribution in [-0.2, 0) is 19.2 Å². The molecule has 20 heavy (non-hydrogen) atoms. The zero-order valence-corrected chi connectivity index (χ0v) is 12.2. The molecule has 2 aliphatic heterocycles. The lowest BCUT2D eigenvalue weighted by Gasteiger charge is -2.35. The molecule has 0 spiro atoms. The van der Waals surface area contributed by atoms with E-state index in [2.05, 4.69) is 0 Å². The van der Waals surface area contributed by atoms with Gasteiger partial charge in [0.05, 0.1) is 11.5 Å². The Kier molecular flexibility index (Phi) is 3.38. The van der Waals surface area contributed by atoms with Crippen LogP contribution in [0.4, 0.5) is 0 Å². The Morgan fingerprint density at radius 3 is 2.10 bits per heavy atom. The molecule has 2 fully saturated rings. The van der Waals surface area contributed by atoms with Gasteiger partial charge in [0.2, 0.25) is 0 Å². The van der Waals surface area contributed by atoms with E-state index < -0.39 is 34.8 Å². The highest BCUT2D eigenvalue weighted by molar-refractivity contribution is 6.01. The normalized spacial score (nSPS) is 29.1. The smallest absolute Gasteiger partial charge is 0.330 e. The molecule has 2 rings (SSSR count). The van der Waals surface area contributed by atoms with E-state index >= 15 is 0 Å². The first-order valence-corrected chi connectivity index (χ1v) is 6.64. The fourth-order valence-electron chi connectivity index (χ4n) is 2.95. The molecule has 112 valence electrons. The second kappa shape index (κ2) is 4.53. The van der Waals surface area contributed by atoms with Gasteiger partial charge in [0, 0.05) is 18.4 Å². The van der Waals surface area contributed by atoms with E-state index in [9.17, 15) is 19.6 Å². The molecular weight excluding hydrogens is 264 g/mol. The Labute approximate surface area is 117 Å². The summed E-state index contributed by atoms with van der Waals surface area (Å²) in [6.07, 6.45) is 0.515. The summed E-state index contributed by atoms with van der Waals surface area (Å²) in [5.41, 5.74) is -1.40. The number of imide groups is 1. The van der Waals surface area contributed by atoms with Crippen LogP contribution in [0.15, 0.2) is 0 Å². The molecule has 1 atom stereocenters. The number of carbonyl (C=O) groups is 3. The largest absolute Gasteiger partial charge is 0.338 e. The number of nitrogens with zero attached hydrogens (tertiary/aromatic N) is 2. The highest BCUT2D eigenvalue weighted by atomic mass is 16.7. The van der Waals surface area contributed by atoms with Crippen molar-refractivity contribution in [3.63, 3.8) is 0 Å². The van der Waals surface area contributed by atoms with Crippen molar-refractivity contribution in [2.24, 2.45) is 5.92 Å². The first kappa shape index (κ1) is 14.9. The average molecular weight is 284 g/mol. The first-order chi connectivity index (χ1) is 9.07. The molecule has 7 heteroatoms. The van der Waals surface area contributed by atoms with Crippen LogP contribution >= 0.6 is 0 Å². The Balaban J connectivity index is 2.14. The van der Waals surface area contributed by atoms with Crippen molar-refractivity contribution in [2.75, 3.05) is 0 Å². The maximum Gasteiger partial charge on any atom is 0.338 e. The van der Waals surface area contributed by atoms with Crippen molar-refractivity contribution in [1.29, 1.82) is 0 Å². The Hall–Kier alpha value is -1.47. The molecule has 1 N–H and O–H groups in total. The van der Waals surface area contributed by atoms with Gasteiger partial charge in [0.15, 0.2) is 0 Å². The lowest BCUT2D eigenvalue weighted by atomic mass is 9.87. The van der Waals surface area contributed by atoms with Gasteiger partial charge in [-0.25, -0.2) is 4.79 Å². The Bertz CT molecular complexity index is 455. The maximum atomic E-state index is 12.2. The molecular formula is C13H20N2O5. The van der Waals surface area contributed by atoms with Crippen LogP contribution in [0, 0.1) is 5.92 Å². The zero-order valence-electron chi connectivity index (χ0n) is 12.2. The molecule has 2 amide bonds. The van der Waals surface area contributed by atoms with Crippen molar-refractivity contribution in [2.45, 2.75) is 58.0 Å². The van der Waals surface area contributed by atoms with E-state index in [0.717, 1.165) is 5.06 Å². The SMILES string of the molecule is CC1(C)CC(C(=O)ON2C(=O)CCC2=O)C(C)(C)N1O. The van der Waals surface area contributed by atoms with Gasteiger partial charge >= 0.3 is 5.97 Å². The molecule has 0 saturated carbocycles. The third-order valence-electron chi connectivity index (χ3n) is 4.15. The topological polar surface area (TPSA) is 87.2 Å². The summed E-state index contributed by atoms with van der Waals surface area (Å²) in [5, 5.41) is 11.8. The number of rotatable bonds is 2. The minimum Gasteiger partial charge on any atom is -0.330 e. The molecule has 2 aliphatic rings. The molecule has 0 aromatic carbocycles. The van der Waals surface area contributed by atoms with Gasteiger partial charge in [-0.15, -0.1) is 5.06 Å². The molecule has 0 bridgehead atoms. The van der Waals surface area contributed by atoms with Gasteiger partial charge in [-0.3, -0.25) is 9.59 Å². The second-order valence-electron chi connectivity index (χ2n) is 6.53. The first-order valence-electron chi connectivity index (χ1n) is 6.64. The van der Waals surface area contributed by atoms with Gasteiger partial charge in [0.1, 0.15) is 0 Å². The third-order valence-corrected chi connectivity index (χ3v) is 4.15. The van der Waals surface area contributed by atoms with Crippen molar-refractivity contribution in [3.05, 3.63) is 0 Å². The van der Waals surface area contributed by atoms with Crippen molar-refractivity contribution >= 4 is 17.8 Å². The van der Waals surface area contributed by atoms with E-state index in [4.69, 9.17) is 4.84 Å². The van der Waals surface area contributed by atoms with Crippen LogP contribution in [0.25, 0.3) is 0 Å². The van der Waals surface area contributed by atoms with Crippen molar-refractivity contribution in [1.82, 2.24) is 10.1 Å². The molecule has 0 aromatic rings. The molecule has 2 heterocycles. The van der Waals surface area contributed by atoms with Crippen LogP contribution in [0.5, 0.6) is 0 Å². The fraction of sp³-hybridized carbons (Fsp3) is 0.769. The fourth-order valence-corrected chi connectivity index (χ4v) is 2.95. The van der Waals surface area contributed by atoms with Gasteiger partial charge < -0.3 is 10.0 Å². The lowest BCUT2D eigenvalue weighted by molar-refractivity contribution is -0.213. The molecule has 0 radical (unpaired) electrons. The summed E-state index contributed by atoms with van der Waals surface area (Å²) in [5.74, 6) is -2.29. The zero-order chi connectivity index (χ0) is 15.3. The van der Waals surface area contributed by atoms with E-state index in [0.29, 0.717) is 11.5 Å². The van der Waals surface area contributed by atoms with Crippen LogP contribution in [-0.4, -0.2) is 44.2 Å². The highest BCUT2D eigenvalue weighted by Gasteiger charge is 2.55. The molecule has 7 nitrogen and oxygen atoms in total.